The first-order valence-electron chi connectivity index (χ1n) is 8.31. The molecule has 4 rings (SSSR count). The van der Waals surface area contributed by atoms with Crippen molar-refractivity contribution < 1.29 is 4.79 Å². The van der Waals surface area contributed by atoms with Crippen molar-refractivity contribution in [3.8, 4) is 0 Å². The van der Waals surface area contributed by atoms with Crippen LogP contribution in [0, 0.1) is 23.7 Å². The largest absolute Gasteiger partial charge is 0.341 e. The lowest BCUT2D eigenvalue weighted by atomic mass is 9.86. The zero-order chi connectivity index (χ0) is 12.8. The average molecular weight is 262 g/mol. The SMILES string of the molecule is O=C(CC1CC2CCC1C2)N1C[C@@H]2CCCN[C@@H]2C1. The molecule has 2 bridgehead atoms. The average Bonchev–Trinajstić information content (AvgIpc) is 3.12. The summed E-state index contributed by atoms with van der Waals surface area (Å²) >= 11 is 0. The summed E-state index contributed by atoms with van der Waals surface area (Å²) in [6, 6.07) is 0.595. The summed E-state index contributed by atoms with van der Waals surface area (Å²) in [5.74, 6) is 3.76. The Morgan fingerprint density at radius 1 is 1.11 bits per heavy atom. The van der Waals surface area contributed by atoms with Gasteiger partial charge in [-0.2, -0.15) is 0 Å². The Morgan fingerprint density at radius 2 is 2.05 bits per heavy atom. The van der Waals surface area contributed by atoms with E-state index in [4.69, 9.17) is 0 Å². The third kappa shape index (κ3) is 2.20. The van der Waals surface area contributed by atoms with E-state index in [2.05, 4.69) is 10.2 Å². The minimum absolute atomic E-state index is 0.453. The van der Waals surface area contributed by atoms with Crippen molar-refractivity contribution in [3.05, 3.63) is 0 Å². The number of piperidine rings is 1. The maximum Gasteiger partial charge on any atom is 0.222 e. The minimum Gasteiger partial charge on any atom is -0.341 e. The van der Waals surface area contributed by atoms with E-state index in [9.17, 15) is 4.79 Å². The van der Waals surface area contributed by atoms with E-state index in [0.717, 1.165) is 49.7 Å². The smallest absolute Gasteiger partial charge is 0.222 e. The van der Waals surface area contributed by atoms with Crippen LogP contribution < -0.4 is 5.32 Å². The van der Waals surface area contributed by atoms with Crippen LogP contribution in [0.3, 0.4) is 0 Å². The van der Waals surface area contributed by atoms with E-state index in [-0.39, 0.29) is 0 Å². The Morgan fingerprint density at radius 3 is 2.79 bits per heavy atom. The molecular weight excluding hydrogens is 236 g/mol. The molecule has 2 heterocycles. The van der Waals surface area contributed by atoms with E-state index in [0.29, 0.717) is 11.9 Å². The summed E-state index contributed by atoms with van der Waals surface area (Å²) in [6.07, 6.45) is 9.05. The molecule has 0 aromatic carbocycles. The van der Waals surface area contributed by atoms with Gasteiger partial charge in [-0.1, -0.05) is 6.42 Å². The molecule has 0 aromatic heterocycles. The highest BCUT2D eigenvalue weighted by Gasteiger charge is 2.42. The maximum atomic E-state index is 12.5. The second-order valence-electron chi connectivity index (χ2n) is 7.40. The second-order valence-corrected chi connectivity index (χ2v) is 7.40. The lowest BCUT2D eigenvalue weighted by Crippen LogP contribution is -2.41. The maximum absolute atomic E-state index is 12.5. The fraction of sp³-hybridized carbons (Fsp3) is 0.938. The van der Waals surface area contributed by atoms with Crippen LogP contribution in [0.25, 0.3) is 0 Å². The highest BCUT2D eigenvalue weighted by atomic mass is 16.2. The molecule has 3 nitrogen and oxygen atoms in total. The summed E-state index contributed by atoms with van der Waals surface area (Å²) in [5, 5.41) is 3.59. The Labute approximate surface area is 116 Å². The van der Waals surface area contributed by atoms with Gasteiger partial charge >= 0.3 is 0 Å². The highest BCUT2D eigenvalue weighted by molar-refractivity contribution is 5.77. The molecular formula is C16H26N2O. The first-order valence-corrected chi connectivity index (χ1v) is 8.31. The lowest BCUT2D eigenvalue weighted by molar-refractivity contribution is -0.131. The van der Waals surface area contributed by atoms with E-state index in [1.165, 1.54) is 38.5 Å². The molecule has 5 atom stereocenters. The van der Waals surface area contributed by atoms with Crippen molar-refractivity contribution in [1.82, 2.24) is 10.2 Å². The van der Waals surface area contributed by atoms with Gasteiger partial charge in [-0.15, -0.1) is 0 Å². The van der Waals surface area contributed by atoms with E-state index in [1.54, 1.807) is 0 Å². The number of rotatable bonds is 2. The third-order valence-electron chi connectivity index (χ3n) is 6.27. The van der Waals surface area contributed by atoms with Crippen molar-refractivity contribution in [2.45, 2.75) is 51.0 Å². The summed E-state index contributed by atoms with van der Waals surface area (Å²) in [4.78, 5) is 14.7. The Balaban J connectivity index is 1.34. The van der Waals surface area contributed by atoms with Gasteiger partial charge in [0.2, 0.25) is 5.91 Å². The topological polar surface area (TPSA) is 32.3 Å². The molecule has 0 aromatic rings. The molecule has 0 spiro atoms. The second kappa shape index (κ2) is 4.76. The number of nitrogens with one attached hydrogen (secondary N) is 1. The Kier molecular flexibility index (Phi) is 3.06. The van der Waals surface area contributed by atoms with Crippen LogP contribution in [-0.4, -0.2) is 36.5 Å². The van der Waals surface area contributed by atoms with Gasteiger partial charge in [-0.25, -0.2) is 0 Å². The first kappa shape index (κ1) is 12.2. The molecule has 3 unspecified atom stereocenters. The van der Waals surface area contributed by atoms with Gasteiger partial charge in [-0.3, -0.25) is 4.79 Å². The molecule has 2 saturated heterocycles. The predicted octanol–water partition coefficient (Wildman–Crippen LogP) is 2.02. The fourth-order valence-corrected chi connectivity index (χ4v) is 5.23. The molecule has 1 amide bonds. The number of hydrogen-bond donors (Lipinski definition) is 1. The van der Waals surface area contributed by atoms with Crippen molar-refractivity contribution in [2.75, 3.05) is 19.6 Å². The molecule has 2 aliphatic carbocycles. The van der Waals surface area contributed by atoms with Crippen LogP contribution in [0.1, 0.15) is 44.9 Å². The first-order chi connectivity index (χ1) is 9.29. The Hall–Kier alpha value is -0.570. The van der Waals surface area contributed by atoms with Gasteiger partial charge < -0.3 is 10.2 Å². The van der Waals surface area contributed by atoms with Crippen LogP contribution in [0.5, 0.6) is 0 Å². The van der Waals surface area contributed by atoms with Crippen molar-refractivity contribution in [1.29, 1.82) is 0 Å². The van der Waals surface area contributed by atoms with Gasteiger partial charge in [0.05, 0.1) is 0 Å². The lowest BCUT2D eigenvalue weighted by Gasteiger charge is -2.24. The van der Waals surface area contributed by atoms with E-state index < -0.39 is 0 Å². The zero-order valence-electron chi connectivity index (χ0n) is 11.8. The molecule has 106 valence electrons. The number of hydrogen-bond acceptors (Lipinski definition) is 2. The number of nitrogens with zero attached hydrogens (tertiary/aromatic N) is 1. The minimum atomic E-state index is 0.453. The standard InChI is InChI=1S/C16H26N2O/c19-16(8-14-7-11-3-4-12(14)6-11)18-9-13-2-1-5-17-15(13)10-18/h11-15,17H,1-10H2/t11?,12?,13-,14?,15+/m0/s1. The van der Waals surface area contributed by atoms with E-state index >= 15 is 0 Å². The van der Waals surface area contributed by atoms with Gasteiger partial charge in [0.15, 0.2) is 0 Å². The molecule has 1 N–H and O–H groups in total. The number of carbonyl (C=O) groups excluding carboxylic acids is 1. The molecule has 19 heavy (non-hydrogen) atoms. The molecule has 4 fully saturated rings. The molecule has 3 heteroatoms. The summed E-state index contributed by atoms with van der Waals surface area (Å²) in [5.41, 5.74) is 0. The Bertz CT molecular complexity index is 356. The van der Waals surface area contributed by atoms with Crippen molar-refractivity contribution >= 4 is 5.91 Å². The fourth-order valence-electron chi connectivity index (χ4n) is 5.23. The van der Waals surface area contributed by atoms with Crippen LogP contribution in [0.4, 0.5) is 0 Å². The number of likely N-dealkylation sites (tertiary alicyclic amines) is 1. The van der Waals surface area contributed by atoms with Crippen molar-refractivity contribution in [2.24, 2.45) is 23.7 Å². The number of fused-ring (bicyclic) bond motifs is 3. The number of amides is 1. The normalized spacial score (nSPS) is 44.6. The van der Waals surface area contributed by atoms with Gasteiger partial charge in [-0.05, 0) is 62.3 Å². The third-order valence-corrected chi connectivity index (χ3v) is 6.27. The molecule has 2 saturated carbocycles. The zero-order valence-corrected chi connectivity index (χ0v) is 11.8. The van der Waals surface area contributed by atoms with Crippen molar-refractivity contribution in [3.63, 3.8) is 0 Å². The summed E-state index contributed by atoms with van der Waals surface area (Å²) in [6.45, 7) is 3.15. The van der Waals surface area contributed by atoms with Crippen LogP contribution in [0.15, 0.2) is 0 Å². The monoisotopic (exact) mass is 262 g/mol. The quantitative estimate of drug-likeness (QED) is 0.826. The number of carbonyl (C=O) groups is 1. The molecule has 4 aliphatic rings. The predicted molar refractivity (Wildman–Crippen MR) is 74.6 cm³/mol. The van der Waals surface area contributed by atoms with Crippen LogP contribution >= 0.6 is 0 Å². The highest BCUT2D eigenvalue weighted by Crippen LogP contribution is 2.49. The summed E-state index contributed by atoms with van der Waals surface area (Å²) < 4.78 is 0. The van der Waals surface area contributed by atoms with E-state index in [1.807, 2.05) is 0 Å². The van der Waals surface area contributed by atoms with Gasteiger partial charge in [0.1, 0.15) is 0 Å². The molecule has 0 radical (unpaired) electrons. The molecule has 2 aliphatic heterocycles. The van der Waals surface area contributed by atoms with Gasteiger partial charge in [0, 0.05) is 25.6 Å². The summed E-state index contributed by atoms with van der Waals surface area (Å²) in [7, 11) is 0. The van der Waals surface area contributed by atoms with Gasteiger partial charge in [0.25, 0.3) is 0 Å². The van der Waals surface area contributed by atoms with Crippen LogP contribution in [-0.2, 0) is 4.79 Å². The van der Waals surface area contributed by atoms with Crippen LogP contribution in [0.2, 0.25) is 0 Å².